The van der Waals surface area contributed by atoms with Gasteiger partial charge >= 0.3 is 0 Å². The van der Waals surface area contributed by atoms with Crippen LogP contribution in [0, 0.1) is 0 Å². The van der Waals surface area contributed by atoms with E-state index in [1.807, 2.05) is 0 Å². The molecule has 3 fully saturated rings. The zero-order valence-electron chi connectivity index (χ0n) is 10.6. The van der Waals surface area contributed by atoms with Crippen molar-refractivity contribution in [1.82, 2.24) is 10.6 Å². The Morgan fingerprint density at radius 2 is 2.39 bits per heavy atom. The number of fused-ring (bicyclic) bond motifs is 1. The minimum atomic E-state index is -0.344. The Morgan fingerprint density at radius 3 is 3.06 bits per heavy atom. The lowest BCUT2D eigenvalue weighted by Gasteiger charge is -2.36. The molecule has 1 aliphatic carbocycles. The van der Waals surface area contributed by atoms with Gasteiger partial charge in [-0.2, -0.15) is 0 Å². The highest BCUT2D eigenvalue weighted by molar-refractivity contribution is 8.14. The fraction of sp³-hybridized carbons (Fsp3) is 0.917. The van der Waals surface area contributed by atoms with E-state index in [9.17, 15) is 5.11 Å². The Hall–Kier alpha value is -0.300. The molecule has 2 aliphatic heterocycles. The van der Waals surface area contributed by atoms with Crippen LogP contribution in [0.3, 0.4) is 0 Å². The molecule has 102 valence electrons. The van der Waals surface area contributed by atoms with E-state index >= 15 is 0 Å². The minimum Gasteiger partial charge on any atom is -0.391 e. The Bertz CT molecular complexity index is 335. The summed E-state index contributed by atoms with van der Waals surface area (Å²) in [5.41, 5.74) is 0.000593. The smallest absolute Gasteiger partial charge is 0.159 e. The number of nitrogens with zero attached hydrogens (tertiary/aromatic N) is 1. The Morgan fingerprint density at radius 1 is 1.56 bits per heavy atom. The van der Waals surface area contributed by atoms with Crippen LogP contribution in [0.1, 0.15) is 25.7 Å². The van der Waals surface area contributed by atoms with Crippen LogP contribution < -0.4 is 10.6 Å². The maximum absolute atomic E-state index is 10.2. The Kier molecular flexibility index (Phi) is 3.79. The number of aliphatic imine (C=N–C) groups is 1. The van der Waals surface area contributed by atoms with Gasteiger partial charge in [-0.25, -0.2) is 0 Å². The zero-order chi connectivity index (χ0) is 12.5. The number of ether oxygens (including phenoxy) is 1. The molecule has 4 unspecified atom stereocenters. The van der Waals surface area contributed by atoms with Crippen LogP contribution in [-0.2, 0) is 4.74 Å². The first kappa shape index (κ1) is 12.7. The molecule has 0 amide bonds. The topological polar surface area (TPSA) is 65.9 Å². The molecule has 3 rings (SSSR count). The summed E-state index contributed by atoms with van der Waals surface area (Å²) in [6.45, 7) is 0.851. The molecule has 4 atom stereocenters. The molecule has 6 heteroatoms. The van der Waals surface area contributed by atoms with Crippen molar-refractivity contribution in [2.24, 2.45) is 4.99 Å². The van der Waals surface area contributed by atoms with Crippen LogP contribution in [0.5, 0.6) is 0 Å². The number of hydrogen-bond acceptors (Lipinski definition) is 5. The second-order valence-corrected chi connectivity index (χ2v) is 6.37. The molecular formula is C12H21N3O2S. The van der Waals surface area contributed by atoms with Gasteiger partial charge in [-0.15, -0.1) is 0 Å². The highest BCUT2D eigenvalue weighted by Gasteiger charge is 2.43. The van der Waals surface area contributed by atoms with Crippen LogP contribution in [0.2, 0.25) is 0 Å². The fourth-order valence-corrected chi connectivity index (χ4v) is 3.78. The Labute approximate surface area is 112 Å². The van der Waals surface area contributed by atoms with Crippen molar-refractivity contribution in [2.45, 2.75) is 55.4 Å². The summed E-state index contributed by atoms with van der Waals surface area (Å²) in [6, 6.07) is 0.666. The molecule has 5 nitrogen and oxygen atoms in total. The zero-order valence-corrected chi connectivity index (χ0v) is 11.4. The van der Waals surface area contributed by atoms with Crippen molar-refractivity contribution in [1.29, 1.82) is 0 Å². The maximum atomic E-state index is 10.2. The number of hydrogen-bond donors (Lipinski definition) is 3. The van der Waals surface area contributed by atoms with Gasteiger partial charge in [0.2, 0.25) is 0 Å². The summed E-state index contributed by atoms with van der Waals surface area (Å²) < 4.78 is 6.03. The highest BCUT2D eigenvalue weighted by Crippen LogP contribution is 2.33. The van der Waals surface area contributed by atoms with Gasteiger partial charge in [0.05, 0.1) is 18.2 Å². The van der Waals surface area contributed by atoms with Gasteiger partial charge in [0, 0.05) is 26.1 Å². The molecule has 18 heavy (non-hydrogen) atoms. The fourth-order valence-electron chi connectivity index (χ4n) is 2.64. The first-order valence-electron chi connectivity index (χ1n) is 6.73. The third-order valence-electron chi connectivity index (χ3n) is 4.00. The molecule has 0 spiro atoms. The van der Waals surface area contributed by atoms with E-state index in [1.165, 1.54) is 19.3 Å². The van der Waals surface area contributed by atoms with E-state index in [-0.39, 0.29) is 23.7 Å². The Balaban J connectivity index is 1.53. The highest BCUT2D eigenvalue weighted by atomic mass is 32.2. The number of aliphatic hydroxyl groups is 1. The molecule has 0 bridgehead atoms. The summed E-state index contributed by atoms with van der Waals surface area (Å²) in [7, 11) is 1.76. The van der Waals surface area contributed by atoms with Crippen molar-refractivity contribution < 1.29 is 9.84 Å². The average molecular weight is 271 g/mol. The van der Waals surface area contributed by atoms with Gasteiger partial charge in [0.1, 0.15) is 5.44 Å². The minimum absolute atomic E-state index is 0.000593. The van der Waals surface area contributed by atoms with Gasteiger partial charge in [-0.1, -0.05) is 18.2 Å². The van der Waals surface area contributed by atoms with E-state index in [2.05, 4.69) is 15.6 Å². The van der Waals surface area contributed by atoms with E-state index in [1.54, 1.807) is 18.8 Å². The lowest BCUT2D eigenvalue weighted by molar-refractivity contribution is -0.0739. The second kappa shape index (κ2) is 5.36. The van der Waals surface area contributed by atoms with Gasteiger partial charge in [-0.05, 0) is 12.8 Å². The molecule has 2 saturated heterocycles. The molecular weight excluding hydrogens is 250 g/mol. The van der Waals surface area contributed by atoms with Gasteiger partial charge in [0.15, 0.2) is 5.17 Å². The van der Waals surface area contributed by atoms with E-state index in [0.717, 1.165) is 11.7 Å². The predicted octanol–water partition coefficient (Wildman–Crippen LogP) is 0.295. The van der Waals surface area contributed by atoms with E-state index in [4.69, 9.17) is 4.74 Å². The summed E-state index contributed by atoms with van der Waals surface area (Å²) >= 11 is 1.58. The first-order valence-corrected chi connectivity index (χ1v) is 7.61. The first-order chi connectivity index (χ1) is 8.76. The molecule has 0 radical (unpaired) electrons. The third-order valence-corrected chi connectivity index (χ3v) is 5.16. The molecule has 1 saturated carbocycles. The molecule has 2 heterocycles. The molecule has 3 N–H and O–H groups in total. The monoisotopic (exact) mass is 271 g/mol. The quantitative estimate of drug-likeness (QED) is 0.689. The van der Waals surface area contributed by atoms with Gasteiger partial charge < -0.3 is 20.5 Å². The number of nitrogens with one attached hydrogen (secondary N) is 2. The van der Waals surface area contributed by atoms with Crippen molar-refractivity contribution in [2.75, 3.05) is 13.6 Å². The number of rotatable bonds is 3. The molecule has 0 aromatic heterocycles. The van der Waals surface area contributed by atoms with E-state index in [0.29, 0.717) is 12.5 Å². The number of amidine groups is 1. The van der Waals surface area contributed by atoms with Crippen molar-refractivity contribution in [3.63, 3.8) is 0 Å². The SMILES string of the molecule is CN=C1NC2C(O)CC(CNC3CCC3)OC2S1. The van der Waals surface area contributed by atoms with Crippen LogP contribution in [-0.4, -0.2) is 53.6 Å². The third kappa shape index (κ3) is 2.52. The number of thioether (sulfide) groups is 1. The van der Waals surface area contributed by atoms with Crippen LogP contribution >= 0.6 is 11.8 Å². The summed E-state index contributed by atoms with van der Waals surface area (Å²) in [5, 5.41) is 17.8. The summed E-state index contributed by atoms with van der Waals surface area (Å²) in [6.07, 6.45) is 4.38. The van der Waals surface area contributed by atoms with Crippen molar-refractivity contribution in [3.8, 4) is 0 Å². The van der Waals surface area contributed by atoms with Crippen LogP contribution in [0.15, 0.2) is 4.99 Å². The molecule has 0 aromatic rings. The molecule has 3 aliphatic rings. The maximum Gasteiger partial charge on any atom is 0.159 e. The standard InChI is InChI=1S/C12H21N3O2S/c1-13-12-15-10-9(16)5-8(17-11(10)18-12)6-14-7-3-2-4-7/h7-11,14,16H,2-6H2,1H3,(H,13,15). The lowest BCUT2D eigenvalue weighted by atomic mass is 9.92. The second-order valence-electron chi connectivity index (χ2n) is 5.28. The van der Waals surface area contributed by atoms with Crippen molar-refractivity contribution in [3.05, 3.63) is 0 Å². The van der Waals surface area contributed by atoms with Gasteiger partial charge in [0.25, 0.3) is 0 Å². The normalized spacial score (nSPS) is 42.4. The lowest BCUT2D eigenvalue weighted by Crippen LogP contribution is -2.53. The summed E-state index contributed by atoms with van der Waals surface area (Å²) in [5.74, 6) is 0. The van der Waals surface area contributed by atoms with E-state index < -0.39 is 0 Å². The number of aliphatic hydroxyl groups excluding tert-OH is 1. The van der Waals surface area contributed by atoms with Crippen LogP contribution in [0.4, 0.5) is 0 Å². The van der Waals surface area contributed by atoms with Crippen molar-refractivity contribution >= 4 is 16.9 Å². The largest absolute Gasteiger partial charge is 0.391 e. The van der Waals surface area contributed by atoms with Crippen LogP contribution in [0.25, 0.3) is 0 Å². The van der Waals surface area contributed by atoms with Gasteiger partial charge in [-0.3, -0.25) is 4.99 Å². The molecule has 0 aromatic carbocycles. The average Bonchev–Trinajstić information content (AvgIpc) is 2.70. The summed E-state index contributed by atoms with van der Waals surface area (Å²) in [4.78, 5) is 4.13. The predicted molar refractivity (Wildman–Crippen MR) is 72.8 cm³/mol.